The Labute approximate surface area is 147 Å². The van der Waals surface area contributed by atoms with Gasteiger partial charge in [0, 0.05) is 17.4 Å². The van der Waals surface area contributed by atoms with E-state index in [-0.39, 0.29) is 6.04 Å². The number of allylic oxidation sites excluding steroid dienone is 5. The van der Waals surface area contributed by atoms with E-state index in [0.29, 0.717) is 11.5 Å². The topological polar surface area (TPSA) is 29.3 Å². The first-order valence-electron chi connectivity index (χ1n) is 9.51. The summed E-state index contributed by atoms with van der Waals surface area (Å²) in [6.07, 6.45) is 21.7. The lowest BCUT2D eigenvalue weighted by Gasteiger charge is -2.38. The van der Waals surface area contributed by atoms with E-state index in [1.54, 1.807) is 0 Å². The highest BCUT2D eigenvalue weighted by Gasteiger charge is 2.42. The average molecular weight is 325 g/mol. The number of nitrogens with zero attached hydrogens (tertiary/aromatic N) is 1. The molecule has 130 valence electrons. The lowest BCUT2D eigenvalue weighted by molar-refractivity contribution is 0.319. The predicted octanol–water partition coefficient (Wildman–Crippen LogP) is 5.22. The first kappa shape index (κ1) is 17.3. The molecule has 2 unspecified atom stereocenters. The molecule has 0 aromatic heterocycles. The van der Waals surface area contributed by atoms with Crippen LogP contribution in [0.5, 0.6) is 0 Å². The molecule has 2 N–H and O–H groups in total. The molecule has 0 amide bonds. The van der Waals surface area contributed by atoms with Gasteiger partial charge in [0.05, 0.1) is 6.04 Å². The number of hydrogen-bond donors (Lipinski definition) is 1. The molecule has 0 spiro atoms. The minimum absolute atomic E-state index is 0.171. The Morgan fingerprint density at radius 2 is 2.25 bits per heavy atom. The summed E-state index contributed by atoms with van der Waals surface area (Å²) in [5, 5.41) is 0. The molecule has 3 aliphatic carbocycles. The first-order valence-corrected chi connectivity index (χ1v) is 9.51. The molecule has 1 saturated carbocycles. The van der Waals surface area contributed by atoms with Gasteiger partial charge < -0.3 is 10.6 Å². The molecule has 2 atom stereocenters. The molecule has 2 nitrogen and oxygen atoms in total. The molecule has 1 fully saturated rings. The van der Waals surface area contributed by atoms with Gasteiger partial charge in [-0.2, -0.15) is 0 Å². The van der Waals surface area contributed by atoms with Crippen molar-refractivity contribution in [2.75, 3.05) is 0 Å². The highest BCUT2D eigenvalue weighted by atomic mass is 15.2. The van der Waals surface area contributed by atoms with Crippen LogP contribution in [-0.4, -0.2) is 17.0 Å². The smallest absolute Gasteiger partial charge is 0.0553 e. The molecule has 0 aliphatic heterocycles. The summed E-state index contributed by atoms with van der Waals surface area (Å²) in [5.74, 6) is 0. The fourth-order valence-corrected chi connectivity index (χ4v) is 3.98. The molecular formula is C22H32N2. The number of nitrogens with two attached hydrogens (primary N) is 1. The lowest BCUT2D eigenvalue weighted by Crippen LogP contribution is -2.35. The van der Waals surface area contributed by atoms with Crippen molar-refractivity contribution in [1.82, 2.24) is 4.90 Å². The Balaban J connectivity index is 1.82. The van der Waals surface area contributed by atoms with Crippen LogP contribution in [0.2, 0.25) is 0 Å². The molecule has 3 aliphatic rings. The summed E-state index contributed by atoms with van der Waals surface area (Å²) >= 11 is 0. The van der Waals surface area contributed by atoms with Crippen LogP contribution in [0.1, 0.15) is 58.8 Å². The second kappa shape index (κ2) is 7.14. The van der Waals surface area contributed by atoms with Crippen molar-refractivity contribution >= 4 is 0 Å². The fraction of sp³-hybridized carbons (Fsp3) is 0.545. The van der Waals surface area contributed by atoms with Gasteiger partial charge in [-0.25, -0.2) is 0 Å². The normalized spacial score (nSPS) is 25.7. The van der Waals surface area contributed by atoms with Crippen LogP contribution in [0.4, 0.5) is 0 Å². The molecule has 3 rings (SSSR count). The van der Waals surface area contributed by atoms with Gasteiger partial charge in [0.1, 0.15) is 0 Å². The van der Waals surface area contributed by atoms with Crippen LogP contribution in [0.3, 0.4) is 0 Å². The summed E-state index contributed by atoms with van der Waals surface area (Å²) in [6, 6.07) is 0.496. The van der Waals surface area contributed by atoms with E-state index in [4.69, 9.17) is 5.73 Å². The van der Waals surface area contributed by atoms with Crippen molar-refractivity contribution in [2.45, 2.75) is 70.9 Å². The Kier molecular flexibility index (Phi) is 5.15. The summed E-state index contributed by atoms with van der Waals surface area (Å²) in [7, 11) is 0. The van der Waals surface area contributed by atoms with Gasteiger partial charge in [0.15, 0.2) is 0 Å². The van der Waals surface area contributed by atoms with Crippen molar-refractivity contribution in [3.8, 4) is 0 Å². The zero-order valence-corrected chi connectivity index (χ0v) is 15.3. The maximum Gasteiger partial charge on any atom is 0.0553 e. The van der Waals surface area contributed by atoms with Crippen LogP contribution >= 0.6 is 0 Å². The Hall–Kier alpha value is -1.54. The van der Waals surface area contributed by atoms with Crippen LogP contribution in [0.25, 0.3) is 0 Å². The second-order valence-electron chi connectivity index (χ2n) is 7.73. The minimum atomic E-state index is 0.171. The minimum Gasteiger partial charge on any atom is -0.342 e. The number of rotatable bonds is 7. The summed E-state index contributed by atoms with van der Waals surface area (Å²) < 4.78 is 0. The Morgan fingerprint density at radius 1 is 1.46 bits per heavy atom. The third-order valence-corrected chi connectivity index (χ3v) is 5.96. The van der Waals surface area contributed by atoms with Gasteiger partial charge in [0.2, 0.25) is 0 Å². The zero-order valence-electron chi connectivity index (χ0n) is 15.3. The molecule has 0 aromatic carbocycles. The molecular weight excluding hydrogens is 292 g/mol. The Bertz CT molecular complexity index is 601. The van der Waals surface area contributed by atoms with Crippen LogP contribution in [0.15, 0.2) is 60.0 Å². The maximum atomic E-state index is 6.00. The van der Waals surface area contributed by atoms with Gasteiger partial charge in [-0.15, -0.1) is 0 Å². The van der Waals surface area contributed by atoms with E-state index >= 15 is 0 Å². The van der Waals surface area contributed by atoms with E-state index in [9.17, 15) is 0 Å². The van der Waals surface area contributed by atoms with Crippen molar-refractivity contribution in [3.05, 3.63) is 60.0 Å². The quantitative estimate of drug-likeness (QED) is 0.696. The van der Waals surface area contributed by atoms with Crippen LogP contribution in [-0.2, 0) is 0 Å². The van der Waals surface area contributed by atoms with Crippen LogP contribution < -0.4 is 5.73 Å². The van der Waals surface area contributed by atoms with E-state index in [1.807, 2.05) is 0 Å². The maximum absolute atomic E-state index is 6.00. The van der Waals surface area contributed by atoms with Crippen molar-refractivity contribution in [3.63, 3.8) is 0 Å². The third kappa shape index (κ3) is 3.75. The van der Waals surface area contributed by atoms with Gasteiger partial charge in [0.25, 0.3) is 0 Å². The molecule has 0 radical (unpaired) electrons. The molecule has 0 heterocycles. The van der Waals surface area contributed by atoms with Crippen molar-refractivity contribution in [2.24, 2.45) is 11.1 Å². The Morgan fingerprint density at radius 3 is 2.79 bits per heavy atom. The largest absolute Gasteiger partial charge is 0.342 e. The van der Waals surface area contributed by atoms with Gasteiger partial charge in [-0.05, 0) is 62.5 Å². The molecule has 2 heteroatoms. The van der Waals surface area contributed by atoms with Gasteiger partial charge >= 0.3 is 0 Å². The van der Waals surface area contributed by atoms with E-state index in [0.717, 1.165) is 25.7 Å². The molecule has 0 aromatic rings. The average Bonchev–Trinajstić information content (AvgIpc) is 3.36. The predicted molar refractivity (Wildman–Crippen MR) is 103 cm³/mol. The monoisotopic (exact) mass is 324 g/mol. The summed E-state index contributed by atoms with van der Waals surface area (Å²) in [5.41, 5.74) is 10.6. The van der Waals surface area contributed by atoms with Gasteiger partial charge in [-0.1, -0.05) is 50.3 Å². The number of hydrogen-bond acceptors (Lipinski definition) is 2. The third-order valence-electron chi connectivity index (χ3n) is 5.96. The molecule has 24 heavy (non-hydrogen) atoms. The van der Waals surface area contributed by atoms with E-state index in [2.05, 4.69) is 61.8 Å². The van der Waals surface area contributed by atoms with Crippen molar-refractivity contribution in [1.29, 1.82) is 0 Å². The van der Waals surface area contributed by atoms with Crippen molar-refractivity contribution < 1.29 is 0 Å². The highest BCUT2D eigenvalue weighted by Crippen LogP contribution is 2.54. The molecule has 0 bridgehead atoms. The standard InChI is InChI=1S/C22H32N2/c1-4-22(14-15-22)16-17(2)24(21-8-6-5-7-9-21)18(3)19-10-12-20(23)13-11-19/h5-6,8,10-12,18,20H,2,4,7,9,13-16,23H2,1,3H3. The fourth-order valence-electron chi connectivity index (χ4n) is 3.98. The first-order chi connectivity index (χ1) is 11.5. The summed E-state index contributed by atoms with van der Waals surface area (Å²) in [4.78, 5) is 2.51. The lowest BCUT2D eigenvalue weighted by atomic mass is 9.92. The second-order valence-corrected chi connectivity index (χ2v) is 7.73. The highest BCUT2D eigenvalue weighted by molar-refractivity contribution is 5.34. The van der Waals surface area contributed by atoms with E-state index < -0.39 is 0 Å². The van der Waals surface area contributed by atoms with Crippen LogP contribution in [0, 0.1) is 5.41 Å². The van der Waals surface area contributed by atoms with E-state index in [1.165, 1.54) is 36.2 Å². The summed E-state index contributed by atoms with van der Waals surface area (Å²) in [6.45, 7) is 9.15. The van der Waals surface area contributed by atoms with Gasteiger partial charge in [-0.3, -0.25) is 0 Å². The zero-order chi connectivity index (χ0) is 17.2. The molecule has 0 saturated heterocycles. The SMILES string of the molecule is C=C(CC1(CC)CC1)N(C1=CC=CCC1)C(C)C1=CCC(N)C=C1.